The molecule has 1 aromatic carbocycles. The van der Waals surface area contributed by atoms with Crippen LogP contribution >= 0.6 is 0 Å². The summed E-state index contributed by atoms with van der Waals surface area (Å²) in [6.07, 6.45) is 10.3. The molecule has 1 aliphatic heterocycles. The summed E-state index contributed by atoms with van der Waals surface area (Å²) in [5.74, 6) is 0.711. The number of hydrogen-bond acceptors (Lipinski definition) is 4. The van der Waals surface area contributed by atoms with Crippen molar-refractivity contribution in [2.75, 3.05) is 6.54 Å². The molecule has 5 rings (SSSR count). The number of amides is 1. The van der Waals surface area contributed by atoms with E-state index in [0.29, 0.717) is 11.3 Å². The van der Waals surface area contributed by atoms with Gasteiger partial charge in [-0.2, -0.15) is 0 Å². The van der Waals surface area contributed by atoms with Crippen LogP contribution in [0, 0.1) is 0 Å². The minimum Gasteiger partial charge on any atom is -0.330 e. The van der Waals surface area contributed by atoms with Crippen molar-refractivity contribution in [1.82, 2.24) is 24.3 Å². The Hall–Kier alpha value is -3.28. The number of fused-ring (bicyclic) bond motifs is 2. The van der Waals surface area contributed by atoms with Crippen LogP contribution in [0.4, 0.5) is 0 Å². The Labute approximate surface area is 156 Å². The highest BCUT2D eigenvalue weighted by molar-refractivity contribution is 6.06. The predicted octanol–water partition coefficient (Wildman–Crippen LogP) is 3.64. The number of carbonyl (C=O) groups excluding carboxylic acids is 1. The fourth-order valence-corrected chi connectivity index (χ4v) is 3.93. The number of rotatable bonds is 2. The minimum absolute atomic E-state index is 0.0279. The van der Waals surface area contributed by atoms with Gasteiger partial charge in [0, 0.05) is 42.3 Å². The third-order valence-electron chi connectivity index (χ3n) is 5.26. The van der Waals surface area contributed by atoms with Crippen LogP contribution in [0.15, 0.2) is 61.2 Å². The van der Waals surface area contributed by atoms with Gasteiger partial charge in [0.15, 0.2) is 0 Å². The van der Waals surface area contributed by atoms with Crippen LogP contribution in [0.5, 0.6) is 0 Å². The fourth-order valence-electron chi connectivity index (χ4n) is 3.93. The normalized spacial score (nSPS) is 17.5. The lowest BCUT2D eigenvalue weighted by Gasteiger charge is -2.35. The van der Waals surface area contributed by atoms with E-state index in [-0.39, 0.29) is 11.9 Å². The van der Waals surface area contributed by atoms with Gasteiger partial charge in [-0.25, -0.2) is 9.97 Å². The first-order chi connectivity index (χ1) is 13.3. The molecular weight excluding hydrogens is 338 g/mol. The highest BCUT2D eigenvalue weighted by Gasteiger charge is 2.30. The summed E-state index contributed by atoms with van der Waals surface area (Å²) in [4.78, 5) is 28.8. The Bertz CT molecular complexity index is 1130. The number of likely N-dealkylation sites (tertiary alicyclic amines) is 1. The lowest BCUT2D eigenvalue weighted by atomic mass is 9.97. The molecule has 0 spiro atoms. The zero-order valence-electron chi connectivity index (χ0n) is 14.8. The van der Waals surface area contributed by atoms with E-state index < -0.39 is 0 Å². The first kappa shape index (κ1) is 15.9. The van der Waals surface area contributed by atoms with E-state index in [1.807, 2.05) is 58.1 Å². The SMILES string of the molecule is O=C(c1cccc2ncccc12)N1CCCC[C@H]1c1ccn2ccnc2n1. The number of benzene rings is 1. The van der Waals surface area contributed by atoms with Crippen LogP contribution in [0.1, 0.15) is 41.4 Å². The fraction of sp³-hybridized carbons (Fsp3) is 0.238. The van der Waals surface area contributed by atoms with Gasteiger partial charge in [0.25, 0.3) is 5.91 Å². The molecule has 0 aliphatic carbocycles. The predicted molar refractivity (Wildman–Crippen MR) is 102 cm³/mol. The second kappa shape index (κ2) is 6.46. The maximum absolute atomic E-state index is 13.5. The highest BCUT2D eigenvalue weighted by atomic mass is 16.2. The van der Waals surface area contributed by atoms with Crippen molar-refractivity contribution in [1.29, 1.82) is 0 Å². The molecule has 1 aliphatic rings. The zero-order chi connectivity index (χ0) is 18.2. The number of imidazole rings is 1. The van der Waals surface area contributed by atoms with Crippen molar-refractivity contribution in [2.45, 2.75) is 25.3 Å². The van der Waals surface area contributed by atoms with Crippen molar-refractivity contribution >= 4 is 22.6 Å². The van der Waals surface area contributed by atoms with Crippen molar-refractivity contribution < 1.29 is 4.79 Å². The summed E-state index contributed by atoms with van der Waals surface area (Å²) >= 11 is 0. The summed E-state index contributed by atoms with van der Waals surface area (Å²) in [6.45, 7) is 0.738. The molecule has 0 unspecified atom stereocenters. The van der Waals surface area contributed by atoms with Gasteiger partial charge >= 0.3 is 0 Å². The van der Waals surface area contributed by atoms with Crippen LogP contribution in [0.2, 0.25) is 0 Å². The molecular formula is C21H19N5O. The summed E-state index contributed by atoms with van der Waals surface area (Å²) in [7, 11) is 0. The van der Waals surface area contributed by atoms with Gasteiger partial charge in [0.05, 0.1) is 17.3 Å². The number of aromatic nitrogens is 4. The summed E-state index contributed by atoms with van der Waals surface area (Å²) in [6, 6.07) is 11.5. The van der Waals surface area contributed by atoms with Crippen LogP contribution < -0.4 is 0 Å². The summed E-state index contributed by atoms with van der Waals surface area (Å²) < 4.78 is 1.88. The minimum atomic E-state index is -0.0279. The number of pyridine rings is 1. The van der Waals surface area contributed by atoms with E-state index in [4.69, 9.17) is 4.98 Å². The zero-order valence-corrected chi connectivity index (χ0v) is 14.8. The summed E-state index contributed by atoms with van der Waals surface area (Å²) in [5, 5.41) is 0.894. The number of nitrogens with zero attached hydrogens (tertiary/aromatic N) is 5. The molecule has 1 saturated heterocycles. The van der Waals surface area contributed by atoms with Crippen LogP contribution in [-0.4, -0.2) is 36.7 Å². The van der Waals surface area contributed by atoms with Crippen LogP contribution in [0.3, 0.4) is 0 Å². The van der Waals surface area contributed by atoms with Gasteiger partial charge in [-0.3, -0.25) is 14.2 Å². The third-order valence-corrected chi connectivity index (χ3v) is 5.26. The average molecular weight is 357 g/mol. The van der Waals surface area contributed by atoms with Crippen LogP contribution in [0.25, 0.3) is 16.7 Å². The molecule has 6 heteroatoms. The average Bonchev–Trinajstić information content (AvgIpc) is 3.21. The molecule has 134 valence electrons. The highest BCUT2D eigenvalue weighted by Crippen LogP contribution is 2.32. The third kappa shape index (κ3) is 2.73. The maximum atomic E-state index is 13.5. The van der Waals surface area contributed by atoms with E-state index in [1.165, 1.54) is 0 Å². The lowest BCUT2D eigenvalue weighted by molar-refractivity contribution is 0.0608. The van der Waals surface area contributed by atoms with E-state index in [0.717, 1.165) is 42.4 Å². The molecule has 1 atom stereocenters. The lowest BCUT2D eigenvalue weighted by Crippen LogP contribution is -2.39. The molecule has 1 amide bonds. The van der Waals surface area contributed by atoms with Crippen molar-refractivity contribution in [3.05, 3.63) is 72.4 Å². The molecule has 0 bridgehead atoms. The molecule has 0 radical (unpaired) electrons. The Morgan fingerprint density at radius 2 is 1.96 bits per heavy atom. The smallest absolute Gasteiger partial charge is 0.255 e. The monoisotopic (exact) mass is 357 g/mol. The Kier molecular flexibility index (Phi) is 3.81. The molecule has 4 aromatic rings. The summed E-state index contributed by atoms with van der Waals surface area (Å²) in [5.41, 5.74) is 2.45. The number of piperidine rings is 1. The standard InChI is InChI=1S/C21H19N5O/c27-20(16-5-3-7-17-15(16)6-4-10-22-17)26-12-2-1-8-19(26)18-9-13-25-14-11-23-21(25)24-18/h3-7,9-11,13-14,19H,1-2,8,12H2/t19-/m0/s1. The Balaban J connectivity index is 1.55. The van der Waals surface area contributed by atoms with Gasteiger partial charge in [-0.05, 0) is 43.5 Å². The second-order valence-electron chi connectivity index (χ2n) is 6.87. The maximum Gasteiger partial charge on any atom is 0.255 e. The quantitative estimate of drug-likeness (QED) is 0.549. The molecule has 0 N–H and O–H groups in total. The van der Waals surface area contributed by atoms with Gasteiger partial charge in [-0.15, -0.1) is 0 Å². The Morgan fingerprint density at radius 3 is 2.93 bits per heavy atom. The molecule has 27 heavy (non-hydrogen) atoms. The molecule has 1 fully saturated rings. The second-order valence-corrected chi connectivity index (χ2v) is 6.87. The first-order valence-electron chi connectivity index (χ1n) is 9.25. The topological polar surface area (TPSA) is 63.4 Å². The largest absolute Gasteiger partial charge is 0.330 e. The van der Waals surface area contributed by atoms with Crippen LogP contribution in [-0.2, 0) is 0 Å². The molecule has 6 nitrogen and oxygen atoms in total. The molecule has 0 saturated carbocycles. The number of hydrogen-bond donors (Lipinski definition) is 0. The van der Waals surface area contributed by atoms with Gasteiger partial charge in [-0.1, -0.05) is 12.1 Å². The van der Waals surface area contributed by atoms with E-state index in [2.05, 4.69) is 9.97 Å². The van der Waals surface area contributed by atoms with E-state index >= 15 is 0 Å². The van der Waals surface area contributed by atoms with Crippen molar-refractivity contribution in [3.8, 4) is 0 Å². The van der Waals surface area contributed by atoms with Gasteiger partial charge in [0.1, 0.15) is 0 Å². The van der Waals surface area contributed by atoms with Crippen molar-refractivity contribution in [3.63, 3.8) is 0 Å². The van der Waals surface area contributed by atoms with E-state index in [9.17, 15) is 4.79 Å². The van der Waals surface area contributed by atoms with Gasteiger partial charge in [0.2, 0.25) is 5.78 Å². The van der Waals surface area contributed by atoms with Crippen molar-refractivity contribution in [2.24, 2.45) is 0 Å². The molecule has 3 aromatic heterocycles. The van der Waals surface area contributed by atoms with Gasteiger partial charge < -0.3 is 4.90 Å². The Morgan fingerprint density at radius 1 is 1.00 bits per heavy atom. The first-order valence-corrected chi connectivity index (χ1v) is 9.25. The molecule has 4 heterocycles. The van der Waals surface area contributed by atoms with E-state index in [1.54, 1.807) is 12.4 Å². The number of carbonyl (C=O) groups is 1.